The number of carbonyl (C=O) groups excluding carboxylic acids is 1. The average Bonchev–Trinajstić information content (AvgIpc) is 3.14. The minimum Gasteiger partial charge on any atom is -0.508 e. The highest BCUT2D eigenvalue weighted by molar-refractivity contribution is 5.76. The van der Waals surface area contributed by atoms with Gasteiger partial charge in [-0.05, 0) is 66.9 Å². The van der Waals surface area contributed by atoms with E-state index < -0.39 is 18.3 Å². The molecule has 0 saturated carbocycles. The number of ether oxygens (including phenoxy) is 1. The van der Waals surface area contributed by atoms with Gasteiger partial charge in [0.05, 0.1) is 24.7 Å². The Morgan fingerprint density at radius 2 is 1.31 bits per heavy atom. The lowest BCUT2D eigenvalue weighted by atomic mass is 10.0. The van der Waals surface area contributed by atoms with E-state index in [1.807, 2.05) is 81.4 Å². The van der Waals surface area contributed by atoms with E-state index in [0.29, 0.717) is 24.9 Å². The third-order valence-corrected chi connectivity index (χ3v) is 7.37. The van der Waals surface area contributed by atoms with Crippen LogP contribution in [0.25, 0.3) is 0 Å². The number of likely N-dealkylation sites (N-methyl/N-ethyl adjacent to an activating group) is 1. The summed E-state index contributed by atoms with van der Waals surface area (Å²) in [6, 6.07) is 33.0. The van der Waals surface area contributed by atoms with Gasteiger partial charge >= 0.3 is 0 Å². The number of hydrogen-bond donors (Lipinski definition) is 9. The van der Waals surface area contributed by atoms with Gasteiger partial charge in [-0.25, -0.2) is 0 Å². The Bertz CT molecular complexity index is 1480. The molecule has 11 heteroatoms. The second-order valence-corrected chi connectivity index (χ2v) is 12.5. The molecule has 4 unspecified atom stereocenters. The summed E-state index contributed by atoms with van der Waals surface area (Å²) in [6.45, 7) is 9.02. The quantitative estimate of drug-likeness (QED) is 0.0853. The standard InChI is InChI=1S/C14H22N2O3.C9H13NO2.C9H13NO.C9H12O/c1-10(2)16-8-12(17)9-19-13-5-3-11(4-6-13)7-14(15)18;1-10-6-9(12)7-3-2-4-8(11)5-7;1-7(10)9(11)8-5-3-2-4-6-8;1-2-9(10)8-6-4-3-5-7-8/h3-6,10,12,16-17H,7-9H2,1-2H3,(H2,15,18);2-5,9-12H,6H2,1H3;2-7,9,11H,10H2,1H3;3-7,9-10H,2H2,1H3/t;9-;;/m.0../s1. The van der Waals surface area contributed by atoms with Crippen molar-refractivity contribution < 1.29 is 35.1 Å². The number of phenolic OH excluding ortho intramolecular Hbond substituents is 1. The van der Waals surface area contributed by atoms with Gasteiger partial charge in [0, 0.05) is 25.2 Å². The van der Waals surface area contributed by atoms with Crippen molar-refractivity contribution in [2.45, 2.75) is 77.0 Å². The van der Waals surface area contributed by atoms with Gasteiger partial charge in [-0.2, -0.15) is 0 Å². The Morgan fingerprint density at radius 1 is 0.750 bits per heavy atom. The van der Waals surface area contributed by atoms with Crippen LogP contribution in [0, 0.1) is 0 Å². The highest BCUT2D eigenvalue weighted by Crippen LogP contribution is 2.18. The molecule has 4 aromatic carbocycles. The monoisotopic (exact) mass is 720 g/mol. The van der Waals surface area contributed by atoms with Crippen LogP contribution in [0.2, 0.25) is 0 Å². The second kappa shape index (κ2) is 26.4. The molecule has 0 aliphatic carbocycles. The molecule has 4 aromatic rings. The molecule has 0 spiro atoms. The van der Waals surface area contributed by atoms with Crippen LogP contribution in [0.3, 0.4) is 0 Å². The maximum Gasteiger partial charge on any atom is 0.221 e. The first-order valence-corrected chi connectivity index (χ1v) is 17.5. The predicted molar refractivity (Wildman–Crippen MR) is 208 cm³/mol. The van der Waals surface area contributed by atoms with Crippen molar-refractivity contribution in [1.82, 2.24) is 10.6 Å². The molecule has 0 fully saturated rings. The molecule has 5 atom stereocenters. The van der Waals surface area contributed by atoms with Gasteiger partial charge in [-0.15, -0.1) is 0 Å². The van der Waals surface area contributed by atoms with Crippen LogP contribution >= 0.6 is 0 Å². The molecule has 0 aromatic heterocycles. The minimum atomic E-state index is -0.554. The van der Waals surface area contributed by atoms with Crippen LogP contribution in [0.4, 0.5) is 0 Å². The van der Waals surface area contributed by atoms with Gasteiger partial charge in [-0.3, -0.25) is 4.79 Å². The summed E-state index contributed by atoms with van der Waals surface area (Å²) in [5.41, 5.74) is 14.1. The molecular weight excluding hydrogens is 660 g/mol. The molecule has 0 aliphatic heterocycles. The summed E-state index contributed by atoms with van der Waals surface area (Å²) in [4.78, 5) is 10.7. The predicted octanol–water partition coefficient (Wildman–Crippen LogP) is 4.29. The number of amides is 1. The summed E-state index contributed by atoms with van der Waals surface area (Å²) in [5, 5.41) is 53.0. The Balaban J connectivity index is 0.000000359. The molecule has 286 valence electrons. The van der Waals surface area contributed by atoms with E-state index in [-0.39, 0.29) is 36.8 Å². The van der Waals surface area contributed by atoms with Crippen molar-refractivity contribution in [1.29, 1.82) is 0 Å². The molecule has 52 heavy (non-hydrogen) atoms. The lowest BCUT2D eigenvalue weighted by Crippen LogP contribution is -2.35. The Morgan fingerprint density at radius 3 is 1.79 bits per heavy atom. The number of phenols is 1. The van der Waals surface area contributed by atoms with Crippen molar-refractivity contribution in [2.75, 3.05) is 26.7 Å². The summed E-state index contributed by atoms with van der Waals surface area (Å²) >= 11 is 0. The SMILES string of the molecule is CC(C)NCC(O)COc1ccc(CC(N)=O)cc1.CC(N)C(O)c1ccccc1.CCC(O)c1ccccc1.CNC[C@H](O)c1cccc(O)c1. The number of nitrogens with one attached hydrogen (secondary N) is 2. The van der Waals surface area contributed by atoms with Crippen LogP contribution < -0.4 is 26.8 Å². The van der Waals surface area contributed by atoms with Crippen LogP contribution in [0.5, 0.6) is 11.5 Å². The van der Waals surface area contributed by atoms with Crippen molar-refractivity contribution in [2.24, 2.45) is 11.5 Å². The lowest BCUT2D eigenvalue weighted by molar-refractivity contribution is -0.117. The molecule has 1 amide bonds. The van der Waals surface area contributed by atoms with Crippen LogP contribution in [-0.4, -0.2) is 76.4 Å². The normalized spacial score (nSPS) is 13.4. The fourth-order valence-corrected chi connectivity index (χ4v) is 4.44. The third-order valence-electron chi connectivity index (χ3n) is 7.37. The largest absolute Gasteiger partial charge is 0.508 e. The van der Waals surface area contributed by atoms with Gasteiger partial charge in [0.1, 0.15) is 24.2 Å². The van der Waals surface area contributed by atoms with Gasteiger partial charge in [-0.1, -0.05) is 106 Å². The first-order valence-electron chi connectivity index (χ1n) is 17.5. The number of benzene rings is 4. The Labute approximate surface area is 309 Å². The molecule has 11 N–H and O–H groups in total. The lowest BCUT2D eigenvalue weighted by Gasteiger charge is -2.15. The van der Waals surface area contributed by atoms with Gasteiger partial charge in [0.25, 0.3) is 0 Å². The molecule has 0 aliphatic rings. The van der Waals surface area contributed by atoms with Gasteiger partial charge < -0.3 is 52.4 Å². The van der Waals surface area contributed by atoms with Crippen LogP contribution in [-0.2, 0) is 11.2 Å². The molecule has 11 nitrogen and oxygen atoms in total. The maximum atomic E-state index is 10.7. The number of primary amides is 1. The third kappa shape index (κ3) is 20.5. The number of aliphatic hydroxyl groups excluding tert-OH is 4. The summed E-state index contributed by atoms with van der Waals surface area (Å²) in [6.07, 6.45) is -0.933. The van der Waals surface area contributed by atoms with Gasteiger partial charge in [0.2, 0.25) is 5.91 Å². The fourth-order valence-electron chi connectivity index (χ4n) is 4.44. The zero-order valence-corrected chi connectivity index (χ0v) is 31.1. The zero-order chi connectivity index (χ0) is 38.9. The number of aliphatic hydroxyl groups is 4. The van der Waals surface area contributed by atoms with Crippen LogP contribution in [0.1, 0.15) is 74.7 Å². The number of carbonyl (C=O) groups is 1. The Hall–Kier alpha value is -4.33. The van der Waals surface area contributed by atoms with E-state index in [1.54, 1.807) is 62.5 Å². The second-order valence-electron chi connectivity index (χ2n) is 12.5. The number of aromatic hydroxyl groups is 1. The average molecular weight is 721 g/mol. The van der Waals surface area contributed by atoms with Crippen LogP contribution in [0.15, 0.2) is 109 Å². The van der Waals surface area contributed by atoms with E-state index in [2.05, 4.69) is 10.6 Å². The Kier molecular flexibility index (Phi) is 23.2. The highest BCUT2D eigenvalue weighted by Gasteiger charge is 2.11. The highest BCUT2D eigenvalue weighted by atomic mass is 16.5. The van der Waals surface area contributed by atoms with E-state index in [0.717, 1.165) is 28.7 Å². The fraction of sp³-hybridized carbons (Fsp3) is 0.390. The topological polar surface area (TPSA) is 204 Å². The minimum absolute atomic E-state index is 0.183. The molecular formula is C41H60N4O7. The smallest absolute Gasteiger partial charge is 0.221 e. The summed E-state index contributed by atoms with van der Waals surface area (Å²) < 4.78 is 5.45. The van der Waals surface area contributed by atoms with E-state index in [9.17, 15) is 25.2 Å². The maximum absolute atomic E-state index is 10.7. The van der Waals surface area contributed by atoms with E-state index in [1.165, 1.54) is 0 Å². The zero-order valence-electron chi connectivity index (χ0n) is 31.1. The molecule has 0 bridgehead atoms. The molecule has 0 saturated heterocycles. The summed E-state index contributed by atoms with van der Waals surface area (Å²) in [5.74, 6) is 0.489. The molecule has 4 rings (SSSR count). The van der Waals surface area contributed by atoms with Gasteiger partial charge in [0.15, 0.2) is 0 Å². The number of hydrogen-bond acceptors (Lipinski definition) is 10. The van der Waals surface area contributed by atoms with Crippen molar-refractivity contribution in [3.8, 4) is 11.5 Å². The molecule has 0 radical (unpaired) electrons. The van der Waals surface area contributed by atoms with Crippen molar-refractivity contribution >= 4 is 5.91 Å². The molecule has 0 heterocycles. The number of rotatable bonds is 15. The van der Waals surface area contributed by atoms with Crippen molar-refractivity contribution in [3.63, 3.8) is 0 Å². The van der Waals surface area contributed by atoms with Crippen molar-refractivity contribution in [3.05, 3.63) is 131 Å². The van der Waals surface area contributed by atoms with E-state index in [4.69, 9.17) is 21.3 Å². The first kappa shape index (κ1) is 45.7. The summed E-state index contributed by atoms with van der Waals surface area (Å²) in [7, 11) is 1.77. The first-order chi connectivity index (χ1) is 24.8. The van der Waals surface area contributed by atoms with E-state index >= 15 is 0 Å². The number of nitrogens with two attached hydrogens (primary N) is 2.